The Morgan fingerprint density at radius 1 is 0.630 bits per heavy atom. The van der Waals surface area contributed by atoms with Crippen LogP contribution in [0.1, 0.15) is 122 Å². The van der Waals surface area contributed by atoms with Crippen molar-refractivity contribution in [3.63, 3.8) is 0 Å². The molecule has 0 aromatic rings. The second-order valence-corrected chi connectivity index (χ2v) is 8.40. The van der Waals surface area contributed by atoms with E-state index in [1.54, 1.807) is 0 Å². The summed E-state index contributed by atoms with van der Waals surface area (Å²) in [6.07, 6.45) is 24.2. The SMILES string of the molecule is CCCCCCCCCCCCCCCCCCCC(=O)N1CCOCC1. The first kappa shape index (κ1) is 24.5. The zero-order chi connectivity index (χ0) is 19.4. The number of carbonyl (C=O) groups is 1. The highest BCUT2D eigenvalue weighted by atomic mass is 16.5. The number of amides is 1. The van der Waals surface area contributed by atoms with E-state index in [2.05, 4.69) is 6.92 Å². The summed E-state index contributed by atoms with van der Waals surface area (Å²) in [5.41, 5.74) is 0. The fraction of sp³-hybridized carbons (Fsp3) is 0.958. The van der Waals surface area contributed by atoms with Crippen LogP contribution >= 0.6 is 0 Å². The van der Waals surface area contributed by atoms with Gasteiger partial charge in [-0.3, -0.25) is 4.79 Å². The molecule has 0 spiro atoms. The van der Waals surface area contributed by atoms with Crippen LogP contribution in [0, 0.1) is 0 Å². The molecule has 1 fully saturated rings. The van der Waals surface area contributed by atoms with Crippen molar-refractivity contribution in [1.29, 1.82) is 0 Å². The molecule has 0 saturated carbocycles. The van der Waals surface area contributed by atoms with E-state index in [9.17, 15) is 4.79 Å². The molecule has 1 aliphatic heterocycles. The molecule has 1 amide bonds. The maximum absolute atomic E-state index is 12.0. The van der Waals surface area contributed by atoms with E-state index in [1.807, 2.05) is 4.90 Å². The van der Waals surface area contributed by atoms with Gasteiger partial charge in [-0.25, -0.2) is 0 Å². The van der Waals surface area contributed by atoms with E-state index in [4.69, 9.17) is 4.74 Å². The Labute approximate surface area is 169 Å². The second-order valence-electron chi connectivity index (χ2n) is 8.40. The first-order chi connectivity index (χ1) is 13.3. The number of morpholine rings is 1. The molecular weight excluding hydrogens is 334 g/mol. The van der Waals surface area contributed by atoms with Crippen LogP contribution in [0.3, 0.4) is 0 Å². The summed E-state index contributed by atoms with van der Waals surface area (Å²) in [4.78, 5) is 14.0. The zero-order valence-corrected chi connectivity index (χ0v) is 18.3. The summed E-state index contributed by atoms with van der Waals surface area (Å²) >= 11 is 0. The predicted molar refractivity (Wildman–Crippen MR) is 116 cm³/mol. The van der Waals surface area contributed by atoms with Gasteiger partial charge < -0.3 is 9.64 Å². The van der Waals surface area contributed by atoms with Gasteiger partial charge in [0.05, 0.1) is 13.2 Å². The molecule has 0 aromatic carbocycles. The lowest BCUT2D eigenvalue weighted by Gasteiger charge is -2.26. The highest BCUT2D eigenvalue weighted by molar-refractivity contribution is 5.76. The lowest BCUT2D eigenvalue weighted by molar-refractivity contribution is -0.135. The largest absolute Gasteiger partial charge is 0.378 e. The third-order valence-electron chi connectivity index (χ3n) is 5.86. The van der Waals surface area contributed by atoms with E-state index in [0.29, 0.717) is 19.1 Å². The van der Waals surface area contributed by atoms with Crippen molar-refractivity contribution < 1.29 is 9.53 Å². The molecule has 0 aliphatic carbocycles. The number of rotatable bonds is 18. The standard InChI is InChI=1S/C24H47NO2/c1-2-3-4-5-6-7-8-9-10-11-12-13-14-15-16-17-18-19-24(26)25-20-22-27-23-21-25/h2-23H2,1H3. The van der Waals surface area contributed by atoms with Crippen LogP contribution in [0.25, 0.3) is 0 Å². The van der Waals surface area contributed by atoms with E-state index >= 15 is 0 Å². The van der Waals surface area contributed by atoms with Crippen LogP contribution in [-0.4, -0.2) is 37.1 Å². The molecule has 1 aliphatic rings. The molecule has 3 heteroatoms. The van der Waals surface area contributed by atoms with Crippen LogP contribution in [0.2, 0.25) is 0 Å². The minimum Gasteiger partial charge on any atom is -0.378 e. The van der Waals surface area contributed by atoms with Crippen LogP contribution < -0.4 is 0 Å². The van der Waals surface area contributed by atoms with Crippen molar-refractivity contribution >= 4 is 5.91 Å². The minimum atomic E-state index is 0.333. The fourth-order valence-corrected chi connectivity index (χ4v) is 3.97. The Bertz CT molecular complexity index is 326. The molecule has 0 radical (unpaired) electrons. The summed E-state index contributed by atoms with van der Waals surface area (Å²) < 4.78 is 5.29. The van der Waals surface area contributed by atoms with Crippen LogP contribution in [-0.2, 0) is 9.53 Å². The predicted octanol–water partition coefficient (Wildman–Crippen LogP) is 6.89. The molecule has 0 atom stereocenters. The van der Waals surface area contributed by atoms with Gasteiger partial charge in [-0.15, -0.1) is 0 Å². The summed E-state index contributed by atoms with van der Waals surface area (Å²) in [5.74, 6) is 0.333. The Hall–Kier alpha value is -0.570. The molecule has 1 saturated heterocycles. The van der Waals surface area contributed by atoms with Gasteiger partial charge in [-0.05, 0) is 6.42 Å². The lowest BCUT2D eigenvalue weighted by Crippen LogP contribution is -2.40. The summed E-state index contributed by atoms with van der Waals surface area (Å²) in [5, 5.41) is 0. The first-order valence-corrected chi connectivity index (χ1v) is 12.2. The molecule has 160 valence electrons. The average Bonchev–Trinajstić information content (AvgIpc) is 2.70. The molecule has 3 nitrogen and oxygen atoms in total. The molecule has 0 unspecified atom stereocenters. The number of hydrogen-bond donors (Lipinski definition) is 0. The number of ether oxygens (including phenoxy) is 1. The van der Waals surface area contributed by atoms with Crippen LogP contribution in [0.4, 0.5) is 0 Å². The Morgan fingerprint density at radius 3 is 1.41 bits per heavy atom. The number of hydrogen-bond acceptors (Lipinski definition) is 2. The first-order valence-electron chi connectivity index (χ1n) is 12.2. The van der Waals surface area contributed by atoms with Crippen molar-refractivity contribution in [2.45, 2.75) is 122 Å². The van der Waals surface area contributed by atoms with Crippen molar-refractivity contribution in [2.24, 2.45) is 0 Å². The van der Waals surface area contributed by atoms with E-state index in [0.717, 1.165) is 25.9 Å². The highest BCUT2D eigenvalue weighted by Crippen LogP contribution is 2.14. The van der Waals surface area contributed by atoms with Crippen molar-refractivity contribution in [3.8, 4) is 0 Å². The smallest absolute Gasteiger partial charge is 0.222 e. The van der Waals surface area contributed by atoms with Gasteiger partial charge in [0, 0.05) is 19.5 Å². The zero-order valence-electron chi connectivity index (χ0n) is 18.3. The summed E-state index contributed by atoms with van der Waals surface area (Å²) in [6, 6.07) is 0. The van der Waals surface area contributed by atoms with E-state index in [1.165, 1.54) is 103 Å². The van der Waals surface area contributed by atoms with Crippen molar-refractivity contribution in [1.82, 2.24) is 4.90 Å². The van der Waals surface area contributed by atoms with Gasteiger partial charge >= 0.3 is 0 Å². The fourth-order valence-electron chi connectivity index (χ4n) is 3.97. The monoisotopic (exact) mass is 381 g/mol. The number of carbonyl (C=O) groups excluding carboxylic acids is 1. The minimum absolute atomic E-state index is 0.333. The van der Waals surface area contributed by atoms with Gasteiger partial charge in [-0.1, -0.05) is 110 Å². The maximum atomic E-state index is 12.0. The third kappa shape index (κ3) is 15.1. The highest BCUT2D eigenvalue weighted by Gasteiger charge is 2.15. The van der Waals surface area contributed by atoms with E-state index < -0.39 is 0 Å². The van der Waals surface area contributed by atoms with Gasteiger partial charge in [0.2, 0.25) is 5.91 Å². The number of unbranched alkanes of at least 4 members (excludes halogenated alkanes) is 16. The van der Waals surface area contributed by atoms with Crippen LogP contribution in [0.5, 0.6) is 0 Å². The molecule has 0 bridgehead atoms. The molecule has 0 N–H and O–H groups in total. The molecular formula is C24H47NO2. The normalized spacial score (nSPS) is 14.6. The van der Waals surface area contributed by atoms with E-state index in [-0.39, 0.29) is 0 Å². The Balaban J connectivity index is 1.71. The molecule has 27 heavy (non-hydrogen) atoms. The van der Waals surface area contributed by atoms with Crippen molar-refractivity contribution in [3.05, 3.63) is 0 Å². The topological polar surface area (TPSA) is 29.5 Å². The second kappa shape index (κ2) is 18.8. The average molecular weight is 382 g/mol. The van der Waals surface area contributed by atoms with Gasteiger partial charge in [-0.2, -0.15) is 0 Å². The number of nitrogens with zero attached hydrogens (tertiary/aromatic N) is 1. The Kier molecular flexibility index (Phi) is 17.0. The lowest BCUT2D eigenvalue weighted by atomic mass is 10.0. The van der Waals surface area contributed by atoms with Gasteiger partial charge in [0.15, 0.2) is 0 Å². The summed E-state index contributed by atoms with van der Waals surface area (Å²) in [6.45, 7) is 5.29. The third-order valence-corrected chi connectivity index (χ3v) is 5.86. The molecule has 1 rings (SSSR count). The van der Waals surface area contributed by atoms with Gasteiger partial charge in [0.1, 0.15) is 0 Å². The van der Waals surface area contributed by atoms with Crippen molar-refractivity contribution in [2.75, 3.05) is 26.3 Å². The molecule has 0 aromatic heterocycles. The Morgan fingerprint density at radius 2 is 1.00 bits per heavy atom. The summed E-state index contributed by atoms with van der Waals surface area (Å²) in [7, 11) is 0. The van der Waals surface area contributed by atoms with Crippen LogP contribution in [0.15, 0.2) is 0 Å². The molecule has 1 heterocycles. The van der Waals surface area contributed by atoms with Gasteiger partial charge in [0.25, 0.3) is 0 Å². The quantitative estimate of drug-likeness (QED) is 0.242. The maximum Gasteiger partial charge on any atom is 0.222 e.